The second-order valence-electron chi connectivity index (χ2n) is 4.59. The predicted molar refractivity (Wildman–Crippen MR) is 89.1 cm³/mol. The van der Waals surface area contributed by atoms with Crippen LogP contribution in [0.3, 0.4) is 0 Å². The average molecular weight is 332 g/mol. The van der Waals surface area contributed by atoms with Gasteiger partial charge in [-0.05, 0) is 42.8 Å². The second kappa shape index (κ2) is 7.56. The van der Waals surface area contributed by atoms with Crippen molar-refractivity contribution < 1.29 is 14.5 Å². The van der Waals surface area contributed by atoms with Gasteiger partial charge in [-0.3, -0.25) is 14.9 Å². The molecule has 0 radical (unpaired) electrons. The summed E-state index contributed by atoms with van der Waals surface area (Å²) in [5.41, 5.74) is 0.742. The minimum absolute atomic E-state index is 0.0868. The number of hydrogen-bond donors (Lipinski definition) is 0. The van der Waals surface area contributed by atoms with E-state index in [0.29, 0.717) is 28.5 Å². The number of halogens is 1. The molecule has 2 aromatic carbocycles. The molecule has 0 aliphatic heterocycles. The number of para-hydroxylation sites is 1. The third-order valence-electron chi connectivity index (χ3n) is 3.06. The van der Waals surface area contributed by atoms with Gasteiger partial charge in [-0.1, -0.05) is 23.7 Å². The van der Waals surface area contributed by atoms with Crippen molar-refractivity contribution in [3.63, 3.8) is 0 Å². The Labute approximate surface area is 138 Å². The van der Waals surface area contributed by atoms with E-state index in [1.807, 2.05) is 6.92 Å². The van der Waals surface area contributed by atoms with Crippen LogP contribution in [-0.4, -0.2) is 17.3 Å². The number of nitro groups is 1. The maximum absolute atomic E-state index is 12.3. The molecule has 0 aliphatic carbocycles. The Kier molecular flexibility index (Phi) is 5.49. The van der Waals surface area contributed by atoms with E-state index in [4.69, 9.17) is 16.3 Å². The molecule has 0 unspecified atom stereocenters. The number of non-ortho nitro benzene ring substituents is 1. The van der Waals surface area contributed by atoms with Crippen molar-refractivity contribution in [3.8, 4) is 5.75 Å². The molecule has 0 spiro atoms. The fraction of sp³-hybridized carbons (Fsp3) is 0.118. The van der Waals surface area contributed by atoms with Gasteiger partial charge in [-0.15, -0.1) is 0 Å². The van der Waals surface area contributed by atoms with Gasteiger partial charge in [-0.2, -0.15) is 0 Å². The van der Waals surface area contributed by atoms with E-state index >= 15 is 0 Å². The highest BCUT2D eigenvalue weighted by atomic mass is 35.5. The van der Waals surface area contributed by atoms with E-state index in [-0.39, 0.29) is 11.5 Å². The molecule has 0 heterocycles. The standard InChI is InChI=1S/C17H14ClNO4/c1-2-23-17-6-4-3-5-14(17)16(20)10-7-12-11-13(19(21)22)8-9-15(12)18/h3-11H,2H2,1H3/b10-7+. The number of benzene rings is 2. The molecule has 0 fully saturated rings. The maximum Gasteiger partial charge on any atom is 0.270 e. The van der Waals surface area contributed by atoms with E-state index in [9.17, 15) is 14.9 Å². The number of rotatable bonds is 6. The van der Waals surface area contributed by atoms with Crippen LogP contribution in [0.25, 0.3) is 6.08 Å². The summed E-state index contributed by atoms with van der Waals surface area (Å²) in [6.45, 7) is 2.28. The van der Waals surface area contributed by atoms with Crippen LogP contribution in [0.4, 0.5) is 5.69 Å². The zero-order chi connectivity index (χ0) is 16.8. The van der Waals surface area contributed by atoms with Gasteiger partial charge in [0.25, 0.3) is 5.69 Å². The number of nitrogens with zero attached hydrogens (tertiary/aromatic N) is 1. The monoisotopic (exact) mass is 331 g/mol. The van der Waals surface area contributed by atoms with Gasteiger partial charge in [0, 0.05) is 17.2 Å². The van der Waals surface area contributed by atoms with Crippen LogP contribution in [0.1, 0.15) is 22.8 Å². The molecule has 0 amide bonds. The number of hydrogen-bond acceptors (Lipinski definition) is 4. The zero-order valence-corrected chi connectivity index (χ0v) is 13.1. The fourth-order valence-electron chi connectivity index (χ4n) is 1.98. The van der Waals surface area contributed by atoms with Crippen molar-refractivity contribution in [2.75, 3.05) is 6.61 Å². The van der Waals surface area contributed by atoms with Gasteiger partial charge in [0.2, 0.25) is 0 Å². The summed E-state index contributed by atoms with van der Waals surface area (Å²) >= 11 is 6.00. The quantitative estimate of drug-likeness (QED) is 0.337. The third-order valence-corrected chi connectivity index (χ3v) is 3.40. The molecule has 2 rings (SSSR count). The summed E-state index contributed by atoms with van der Waals surface area (Å²) in [5, 5.41) is 11.1. The summed E-state index contributed by atoms with van der Waals surface area (Å²) in [6.07, 6.45) is 2.78. The molecule has 0 aliphatic rings. The number of ether oxygens (including phenoxy) is 1. The Balaban J connectivity index is 2.28. The van der Waals surface area contributed by atoms with E-state index in [0.717, 1.165) is 0 Å². The van der Waals surface area contributed by atoms with E-state index in [2.05, 4.69) is 0 Å². The van der Waals surface area contributed by atoms with Gasteiger partial charge in [0.15, 0.2) is 5.78 Å². The first kappa shape index (κ1) is 16.7. The lowest BCUT2D eigenvalue weighted by Gasteiger charge is -2.07. The predicted octanol–water partition coefficient (Wildman–Crippen LogP) is 4.54. The van der Waals surface area contributed by atoms with Crippen LogP contribution in [0, 0.1) is 10.1 Å². The summed E-state index contributed by atoms with van der Waals surface area (Å²) in [7, 11) is 0. The highest BCUT2D eigenvalue weighted by Crippen LogP contribution is 2.24. The molecular formula is C17H14ClNO4. The molecule has 0 atom stereocenters. The molecular weight excluding hydrogens is 318 g/mol. The Morgan fingerprint density at radius 1 is 1.30 bits per heavy atom. The first-order valence-electron chi connectivity index (χ1n) is 6.91. The summed E-state index contributed by atoms with van der Waals surface area (Å²) < 4.78 is 5.41. The Hall–Kier alpha value is -2.66. The molecule has 2 aromatic rings. The lowest BCUT2D eigenvalue weighted by Crippen LogP contribution is -2.01. The lowest BCUT2D eigenvalue weighted by molar-refractivity contribution is -0.384. The normalized spacial score (nSPS) is 10.7. The highest BCUT2D eigenvalue weighted by Gasteiger charge is 2.11. The van der Waals surface area contributed by atoms with E-state index in [1.165, 1.54) is 30.4 Å². The van der Waals surface area contributed by atoms with Crippen molar-refractivity contribution in [2.24, 2.45) is 0 Å². The van der Waals surface area contributed by atoms with Crippen molar-refractivity contribution in [1.82, 2.24) is 0 Å². The topological polar surface area (TPSA) is 69.4 Å². The summed E-state index contributed by atoms with van der Waals surface area (Å²) in [6, 6.07) is 11.0. The van der Waals surface area contributed by atoms with Crippen molar-refractivity contribution in [3.05, 3.63) is 74.8 Å². The van der Waals surface area contributed by atoms with Crippen LogP contribution < -0.4 is 4.74 Å². The van der Waals surface area contributed by atoms with Crippen LogP contribution in [0.2, 0.25) is 5.02 Å². The minimum Gasteiger partial charge on any atom is -0.493 e. The molecule has 5 nitrogen and oxygen atoms in total. The van der Waals surface area contributed by atoms with Crippen LogP contribution in [0.5, 0.6) is 5.75 Å². The number of ketones is 1. The zero-order valence-electron chi connectivity index (χ0n) is 12.4. The van der Waals surface area contributed by atoms with Crippen molar-refractivity contribution in [2.45, 2.75) is 6.92 Å². The number of carbonyl (C=O) groups excluding carboxylic acids is 1. The number of carbonyl (C=O) groups is 1. The summed E-state index contributed by atoms with van der Waals surface area (Å²) in [5.74, 6) is 0.228. The van der Waals surface area contributed by atoms with Gasteiger partial charge < -0.3 is 4.74 Å². The first-order valence-corrected chi connectivity index (χ1v) is 7.29. The smallest absolute Gasteiger partial charge is 0.270 e. The maximum atomic E-state index is 12.3. The molecule has 0 N–H and O–H groups in total. The first-order chi connectivity index (χ1) is 11.0. The Morgan fingerprint density at radius 3 is 2.74 bits per heavy atom. The fourth-order valence-corrected chi connectivity index (χ4v) is 2.16. The molecule has 0 saturated carbocycles. The van der Waals surface area contributed by atoms with Crippen molar-refractivity contribution >= 4 is 29.1 Å². The third kappa shape index (κ3) is 4.17. The van der Waals surface area contributed by atoms with Crippen LogP contribution in [-0.2, 0) is 0 Å². The Morgan fingerprint density at radius 2 is 2.04 bits per heavy atom. The van der Waals surface area contributed by atoms with Gasteiger partial charge in [0.05, 0.1) is 17.1 Å². The van der Waals surface area contributed by atoms with Gasteiger partial charge in [-0.25, -0.2) is 0 Å². The van der Waals surface area contributed by atoms with Gasteiger partial charge >= 0.3 is 0 Å². The lowest BCUT2D eigenvalue weighted by atomic mass is 10.1. The van der Waals surface area contributed by atoms with Gasteiger partial charge in [0.1, 0.15) is 5.75 Å². The molecule has 0 aromatic heterocycles. The highest BCUT2D eigenvalue weighted by molar-refractivity contribution is 6.32. The van der Waals surface area contributed by atoms with E-state index < -0.39 is 4.92 Å². The summed E-state index contributed by atoms with van der Waals surface area (Å²) in [4.78, 5) is 22.6. The van der Waals surface area contributed by atoms with Crippen LogP contribution in [0.15, 0.2) is 48.5 Å². The van der Waals surface area contributed by atoms with E-state index in [1.54, 1.807) is 24.3 Å². The minimum atomic E-state index is -0.514. The molecule has 0 bridgehead atoms. The molecule has 118 valence electrons. The molecule has 0 saturated heterocycles. The SMILES string of the molecule is CCOc1ccccc1C(=O)/C=C/c1cc([N+](=O)[O-])ccc1Cl. The van der Waals surface area contributed by atoms with Crippen LogP contribution >= 0.6 is 11.6 Å². The average Bonchev–Trinajstić information content (AvgIpc) is 2.54. The molecule has 23 heavy (non-hydrogen) atoms. The Bertz CT molecular complexity index is 771. The second-order valence-corrected chi connectivity index (χ2v) is 5.00. The number of allylic oxidation sites excluding steroid dienone is 1. The molecule has 6 heteroatoms. The number of nitro benzene ring substituents is 1. The largest absolute Gasteiger partial charge is 0.493 e. The van der Waals surface area contributed by atoms with Crippen molar-refractivity contribution in [1.29, 1.82) is 0 Å².